The summed E-state index contributed by atoms with van der Waals surface area (Å²) in [5, 5.41) is 11.5. The van der Waals surface area contributed by atoms with Gasteiger partial charge in [0.25, 0.3) is 0 Å². The number of carboxylic acids is 1. The summed E-state index contributed by atoms with van der Waals surface area (Å²) in [7, 11) is 0. The van der Waals surface area contributed by atoms with Crippen molar-refractivity contribution >= 4 is 23.5 Å². The summed E-state index contributed by atoms with van der Waals surface area (Å²) in [6.07, 6.45) is 0.123. The quantitative estimate of drug-likeness (QED) is 0.839. The van der Waals surface area contributed by atoms with E-state index >= 15 is 0 Å². The number of rotatable bonds is 4. The molecule has 1 rings (SSSR count). The smallest absolute Gasteiger partial charge is 0.325 e. The Hall–Kier alpha value is -1.55. The van der Waals surface area contributed by atoms with Crippen LogP contribution in [0, 0.1) is 0 Å². The highest BCUT2D eigenvalue weighted by atomic mass is 35.5. The molecule has 0 bridgehead atoms. The summed E-state index contributed by atoms with van der Waals surface area (Å²) in [4.78, 5) is 21.9. The maximum absolute atomic E-state index is 11.4. The fraction of sp³-hybridized carbons (Fsp3) is 0.273. The minimum Gasteiger partial charge on any atom is -0.480 e. The number of amides is 1. The van der Waals surface area contributed by atoms with E-state index in [2.05, 4.69) is 5.32 Å². The molecule has 0 aliphatic rings. The van der Waals surface area contributed by atoms with E-state index in [-0.39, 0.29) is 12.3 Å². The average Bonchev–Trinajstić information content (AvgIpc) is 2.16. The minimum atomic E-state index is -1.06. The lowest BCUT2D eigenvalue weighted by molar-refractivity contribution is -0.141. The van der Waals surface area contributed by atoms with Gasteiger partial charge in [-0.15, -0.1) is 0 Å². The van der Waals surface area contributed by atoms with Crippen molar-refractivity contribution in [1.29, 1.82) is 0 Å². The normalized spacial score (nSPS) is 11.9. The number of hydrogen-bond donors (Lipinski definition) is 2. The Morgan fingerprint density at radius 1 is 1.50 bits per heavy atom. The van der Waals surface area contributed by atoms with Gasteiger partial charge in [0, 0.05) is 5.02 Å². The second kappa shape index (κ2) is 5.51. The molecule has 0 fully saturated rings. The van der Waals surface area contributed by atoms with Gasteiger partial charge in [-0.3, -0.25) is 9.59 Å². The van der Waals surface area contributed by atoms with Crippen LogP contribution >= 0.6 is 11.6 Å². The third-order valence-electron chi connectivity index (χ3n) is 2.00. The number of nitrogens with one attached hydrogen (secondary N) is 1. The van der Waals surface area contributed by atoms with Gasteiger partial charge in [0.05, 0.1) is 6.42 Å². The van der Waals surface area contributed by atoms with Crippen molar-refractivity contribution in [2.45, 2.75) is 19.4 Å². The molecule has 0 aromatic heterocycles. The van der Waals surface area contributed by atoms with E-state index in [9.17, 15) is 9.59 Å². The van der Waals surface area contributed by atoms with Crippen LogP contribution in [0.15, 0.2) is 24.3 Å². The lowest BCUT2D eigenvalue weighted by atomic mass is 10.1. The summed E-state index contributed by atoms with van der Waals surface area (Å²) in [6.45, 7) is 1.41. The Labute approximate surface area is 98.2 Å². The van der Waals surface area contributed by atoms with Crippen LogP contribution < -0.4 is 5.32 Å². The summed E-state index contributed by atoms with van der Waals surface area (Å²) in [5.41, 5.74) is 0.752. The topological polar surface area (TPSA) is 66.4 Å². The van der Waals surface area contributed by atoms with Gasteiger partial charge in [0.15, 0.2) is 0 Å². The number of carbonyl (C=O) groups is 2. The Morgan fingerprint density at radius 3 is 2.75 bits per heavy atom. The predicted octanol–water partition coefficient (Wildman–Crippen LogP) is 1.47. The average molecular weight is 242 g/mol. The summed E-state index contributed by atoms with van der Waals surface area (Å²) >= 11 is 5.76. The molecule has 16 heavy (non-hydrogen) atoms. The number of carbonyl (C=O) groups excluding carboxylic acids is 1. The van der Waals surface area contributed by atoms with Gasteiger partial charge >= 0.3 is 5.97 Å². The Balaban J connectivity index is 2.55. The summed E-state index contributed by atoms with van der Waals surface area (Å²) in [6, 6.07) is 6.00. The van der Waals surface area contributed by atoms with E-state index < -0.39 is 12.0 Å². The van der Waals surface area contributed by atoms with Gasteiger partial charge < -0.3 is 10.4 Å². The van der Waals surface area contributed by atoms with Gasteiger partial charge in [0.1, 0.15) is 6.04 Å². The third-order valence-corrected chi connectivity index (χ3v) is 2.24. The van der Waals surface area contributed by atoms with Gasteiger partial charge in [-0.2, -0.15) is 0 Å². The maximum Gasteiger partial charge on any atom is 0.325 e. The van der Waals surface area contributed by atoms with Crippen molar-refractivity contribution in [1.82, 2.24) is 5.32 Å². The lowest BCUT2D eigenvalue weighted by Crippen LogP contribution is -2.39. The predicted molar refractivity (Wildman–Crippen MR) is 60.4 cm³/mol. The number of benzene rings is 1. The molecular weight excluding hydrogens is 230 g/mol. The van der Waals surface area contributed by atoms with Crippen molar-refractivity contribution in [3.05, 3.63) is 34.9 Å². The molecule has 2 N–H and O–H groups in total. The molecule has 0 heterocycles. The van der Waals surface area contributed by atoms with Crippen molar-refractivity contribution in [3.63, 3.8) is 0 Å². The molecule has 1 unspecified atom stereocenters. The van der Waals surface area contributed by atoms with Crippen LogP contribution in [0.3, 0.4) is 0 Å². The van der Waals surface area contributed by atoms with E-state index in [1.807, 2.05) is 0 Å². The Kier molecular flexibility index (Phi) is 4.31. The molecular formula is C11H12ClNO3. The number of hydrogen-bond acceptors (Lipinski definition) is 2. The first-order valence-electron chi connectivity index (χ1n) is 4.75. The molecule has 1 atom stereocenters. The monoisotopic (exact) mass is 241 g/mol. The number of carboxylic acid groups (broad SMARTS) is 1. The fourth-order valence-corrected chi connectivity index (χ4v) is 1.40. The van der Waals surface area contributed by atoms with Crippen LogP contribution in [-0.2, 0) is 16.0 Å². The van der Waals surface area contributed by atoms with Gasteiger partial charge in [-0.05, 0) is 24.6 Å². The van der Waals surface area contributed by atoms with Crippen molar-refractivity contribution in [2.24, 2.45) is 0 Å². The molecule has 0 saturated heterocycles. The SMILES string of the molecule is CC(NC(=O)Cc1cccc(Cl)c1)C(=O)O. The van der Waals surface area contributed by atoms with Crippen molar-refractivity contribution in [3.8, 4) is 0 Å². The first-order chi connectivity index (χ1) is 7.49. The van der Waals surface area contributed by atoms with Crippen LogP contribution in [0.25, 0.3) is 0 Å². The fourth-order valence-electron chi connectivity index (χ4n) is 1.19. The standard InChI is InChI=1S/C11H12ClNO3/c1-7(11(15)16)13-10(14)6-8-3-2-4-9(12)5-8/h2-5,7H,6H2,1H3,(H,13,14)(H,15,16). The van der Waals surface area contributed by atoms with Crippen molar-refractivity contribution in [2.75, 3.05) is 0 Å². The highest BCUT2D eigenvalue weighted by Gasteiger charge is 2.13. The van der Waals surface area contributed by atoms with Crippen LogP contribution in [0.2, 0.25) is 5.02 Å². The summed E-state index contributed by atoms with van der Waals surface area (Å²) in [5.74, 6) is -1.39. The first-order valence-corrected chi connectivity index (χ1v) is 5.13. The van der Waals surface area contributed by atoms with Crippen molar-refractivity contribution < 1.29 is 14.7 Å². The Bertz CT molecular complexity index is 406. The molecule has 0 aliphatic carbocycles. The van der Waals surface area contributed by atoms with E-state index in [0.717, 1.165) is 5.56 Å². The zero-order valence-corrected chi connectivity index (χ0v) is 9.49. The van der Waals surface area contributed by atoms with Crippen LogP contribution in [0.1, 0.15) is 12.5 Å². The largest absolute Gasteiger partial charge is 0.480 e. The molecule has 4 nitrogen and oxygen atoms in total. The molecule has 1 aromatic carbocycles. The maximum atomic E-state index is 11.4. The molecule has 0 radical (unpaired) electrons. The van der Waals surface area contributed by atoms with Gasteiger partial charge in [-0.1, -0.05) is 23.7 Å². The zero-order valence-electron chi connectivity index (χ0n) is 8.74. The highest BCUT2D eigenvalue weighted by molar-refractivity contribution is 6.30. The summed E-state index contributed by atoms with van der Waals surface area (Å²) < 4.78 is 0. The molecule has 1 amide bonds. The second-order valence-electron chi connectivity index (χ2n) is 3.43. The van der Waals surface area contributed by atoms with E-state index in [1.165, 1.54) is 6.92 Å². The second-order valence-corrected chi connectivity index (χ2v) is 3.87. The molecule has 1 aromatic rings. The van der Waals surface area contributed by atoms with Crippen LogP contribution in [0.4, 0.5) is 0 Å². The molecule has 0 saturated carbocycles. The molecule has 0 spiro atoms. The van der Waals surface area contributed by atoms with E-state index in [4.69, 9.17) is 16.7 Å². The highest BCUT2D eigenvalue weighted by Crippen LogP contribution is 2.10. The first kappa shape index (κ1) is 12.5. The van der Waals surface area contributed by atoms with E-state index in [0.29, 0.717) is 5.02 Å². The molecule has 0 aliphatic heterocycles. The van der Waals surface area contributed by atoms with Crippen LogP contribution in [0.5, 0.6) is 0 Å². The van der Waals surface area contributed by atoms with Crippen LogP contribution in [-0.4, -0.2) is 23.0 Å². The third kappa shape index (κ3) is 3.90. The molecule has 5 heteroatoms. The number of halogens is 1. The van der Waals surface area contributed by atoms with Gasteiger partial charge in [0.2, 0.25) is 5.91 Å². The minimum absolute atomic E-state index is 0.123. The zero-order chi connectivity index (χ0) is 12.1. The van der Waals surface area contributed by atoms with E-state index in [1.54, 1.807) is 24.3 Å². The van der Waals surface area contributed by atoms with Gasteiger partial charge in [-0.25, -0.2) is 0 Å². The molecule has 86 valence electrons. The number of aliphatic carboxylic acids is 1. The lowest BCUT2D eigenvalue weighted by Gasteiger charge is -2.09. The Morgan fingerprint density at radius 2 is 2.19 bits per heavy atom.